The number of halogens is 2. The Labute approximate surface area is 94.7 Å². The van der Waals surface area contributed by atoms with Gasteiger partial charge in [-0.2, -0.15) is 5.10 Å². The predicted octanol–water partition coefficient (Wildman–Crippen LogP) is 3.00. The Morgan fingerprint density at radius 3 is 2.93 bits per heavy atom. The third-order valence-corrected chi connectivity index (χ3v) is 3.02. The summed E-state index contributed by atoms with van der Waals surface area (Å²) in [5, 5.41) is 5.70. The highest BCUT2D eigenvalue weighted by Crippen LogP contribution is 2.38. The second-order valence-corrected chi connectivity index (χ2v) is 4.14. The van der Waals surface area contributed by atoms with E-state index < -0.39 is 0 Å². The highest BCUT2D eigenvalue weighted by atomic mass is 79.9. The summed E-state index contributed by atoms with van der Waals surface area (Å²) in [6, 6.07) is 1.94. The second-order valence-electron chi connectivity index (χ2n) is 2.91. The Kier molecular flexibility index (Phi) is 2.41. The molecule has 0 unspecified atom stereocenters. The number of aryl methyl sites for hydroxylation is 1. The van der Waals surface area contributed by atoms with Gasteiger partial charge in [0.25, 0.3) is 0 Å². The van der Waals surface area contributed by atoms with Crippen molar-refractivity contribution in [2.75, 3.05) is 7.11 Å². The van der Waals surface area contributed by atoms with E-state index in [1.807, 2.05) is 13.1 Å². The molecule has 0 saturated carbocycles. The van der Waals surface area contributed by atoms with Crippen molar-refractivity contribution in [1.82, 2.24) is 9.78 Å². The minimum atomic E-state index is 0.580. The average Bonchev–Trinajstić information content (AvgIpc) is 2.48. The van der Waals surface area contributed by atoms with Crippen molar-refractivity contribution in [2.45, 2.75) is 0 Å². The molecule has 0 spiro atoms. The number of hydrogen-bond acceptors (Lipinski definition) is 2. The molecule has 1 aromatic carbocycles. The van der Waals surface area contributed by atoms with Crippen molar-refractivity contribution >= 4 is 38.4 Å². The molecule has 0 amide bonds. The molecule has 0 aliphatic carbocycles. The summed E-state index contributed by atoms with van der Waals surface area (Å²) in [5.74, 6) is 0.641. The topological polar surface area (TPSA) is 27.1 Å². The molecule has 5 heteroatoms. The first-order valence-electron chi connectivity index (χ1n) is 3.99. The molecule has 0 N–H and O–H groups in total. The highest BCUT2D eigenvalue weighted by molar-refractivity contribution is 9.10. The predicted molar refractivity (Wildman–Crippen MR) is 60.0 cm³/mol. The number of rotatable bonds is 1. The quantitative estimate of drug-likeness (QED) is 0.800. The van der Waals surface area contributed by atoms with Gasteiger partial charge in [-0.15, -0.1) is 0 Å². The molecule has 0 bridgehead atoms. The van der Waals surface area contributed by atoms with Gasteiger partial charge < -0.3 is 4.74 Å². The van der Waals surface area contributed by atoms with Gasteiger partial charge in [-0.3, -0.25) is 4.68 Å². The largest absolute Gasteiger partial charge is 0.494 e. The minimum Gasteiger partial charge on any atom is -0.494 e. The summed E-state index contributed by atoms with van der Waals surface area (Å²) in [4.78, 5) is 0. The van der Waals surface area contributed by atoms with E-state index >= 15 is 0 Å². The molecule has 0 saturated heterocycles. The van der Waals surface area contributed by atoms with Crippen LogP contribution in [-0.4, -0.2) is 16.9 Å². The smallest absolute Gasteiger partial charge is 0.153 e. The first-order valence-corrected chi connectivity index (χ1v) is 5.16. The van der Waals surface area contributed by atoms with Crippen molar-refractivity contribution in [3.8, 4) is 5.75 Å². The zero-order valence-electron chi connectivity index (χ0n) is 7.71. The van der Waals surface area contributed by atoms with Crippen LogP contribution < -0.4 is 4.74 Å². The SMILES string of the molecule is COc1c(Br)cc2cnn(C)c2c1Cl. The van der Waals surface area contributed by atoms with Crippen molar-refractivity contribution in [3.05, 3.63) is 21.8 Å². The van der Waals surface area contributed by atoms with E-state index in [9.17, 15) is 0 Å². The molecular formula is C9H8BrClN2O. The lowest BCUT2D eigenvalue weighted by atomic mass is 10.2. The summed E-state index contributed by atoms with van der Waals surface area (Å²) in [6.45, 7) is 0. The summed E-state index contributed by atoms with van der Waals surface area (Å²) in [7, 11) is 3.44. The third-order valence-electron chi connectivity index (χ3n) is 2.08. The minimum absolute atomic E-state index is 0.580. The maximum absolute atomic E-state index is 6.18. The number of aromatic nitrogens is 2. The number of fused-ring (bicyclic) bond motifs is 1. The van der Waals surface area contributed by atoms with Crippen molar-refractivity contribution in [3.63, 3.8) is 0 Å². The molecule has 3 nitrogen and oxygen atoms in total. The molecule has 2 rings (SSSR count). The third kappa shape index (κ3) is 1.29. The van der Waals surface area contributed by atoms with Gasteiger partial charge in [0.2, 0.25) is 0 Å². The van der Waals surface area contributed by atoms with E-state index in [1.165, 1.54) is 0 Å². The zero-order chi connectivity index (χ0) is 10.3. The van der Waals surface area contributed by atoms with Gasteiger partial charge in [-0.05, 0) is 22.0 Å². The molecule has 1 aromatic heterocycles. The first kappa shape index (κ1) is 9.80. The van der Waals surface area contributed by atoms with E-state index in [1.54, 1.807) is 18.0 Å². The Morgan fingerprint density at radius 1 is 1.57 bits per heavy atom. The fourth-order valence-electron chi connectivity index (χ4n) is 1.43. The van der Waals surface area contributed by atoms with Gasteiger partial charge in [0.15, 0.2) is 5.75 Å². The number of methoxy groups -OCH3 is 1. The monoisotopic (exact) mass is 274 g/mol. The van der Waals surface area contributed by atoms with Gasteiger partial charge in [0.1, 0.15) is 5.02 Å². The average molecular weight is 276 g/mol. The van der Waals surface area contributed by atoms with Crippen molar-refractivity contribution in [2.24, 2.45) is 7.05 Å². The van der Waals surface area contributed by atoms with E-state index in [0.29, 0.717) is 10.8 Å². The lowest BCUT2D eigenvalue weighted by molar-refractivity contribution is 0.413. The lowest BCUT2D eigenvalue weighted by Gasteiger charge is -2.07. The Hall–Kier alpha value is -0.740. The summed E-state index contributed by atoms with van der Waals surface area (Å²) in [6.07, 6.45) is 1.77. The van der Waals surface area contributed by atoms with Crippen LogP contribution >= 0.6 is 27.5 Å². The van der Waals surface area contributed by atoms with E-state index in [2.05, 4.69) is 21.0 Å². The van der Waals surface area contributed by atoms with Gasteiger partial charge in [0.05, 0.1) is 23.3 Å². The van der Waals surface area contributed by atoms with Gasteiger partial charge in [0, 0.05) is 12.4 Å². The maximum atomic E-state index is 6.18. The number of ether oxygens (including phenoxy) is 1. The normalized spacial score (nSPS) is 10.9. The molecule has 2 aromatic rings. The molecule has 14 heavy (non-hydrogen) atoms. The number of nitrogens with zero attached hydrogens (tertiary/aromatic N) is 2. The Balaban J connectivity index is 2.89. The van der Waals surface area contributed by atoms with Crippen LogP contribution in [0.4, 0.5) is 0 Å². The van der Waals surface area contributed by atoms with Crippen LogP contribution in [0.1, 0.15) is 0 Å². The van der Waals surface area contributed by atoms with E-state index in [-0.39, 0.29) is 0 Å². The number of benzene rings is 1. The fraction of sp³-hybridized carbons (Fsp3) is 0.222. The van der Waals surface area contributed by atoms with Crippen molar-refractivity contribution in [1.29, 1.82) is 0 Å². The van der Waals surface area contributed by atoms with E-state index in [4.69, 9.17) is 16.3 Å². The molecule has 1 heterocycles. The van der Waals surface area contributed by atoms with Crippen LogP contribution in [0.2, 0.25) is 5.02 Å². The highest BCUT2D eigenvalue weighted by Gasteiger charge is 2.13. The maximum Gasteiger partial charge on any atom is 0.153 e. The summed E-state index contributed by atoms with van der Waals surface area (Å²) < 4.78 is 7.76. The van der Waals surface area contributed by atoms with Crippen LogP contribution in [0.25, 0.3) is 10.9 Å². The molecule has 0 aliphatic rings. The Morgan fingerprint density at radius 2 is 2.29 bits per heavy atom. The van der Waals surface area contributed by atoms with E-state index in [0.717, 1.165) is 15.4 Å². The summed E-state index contributed by atoms with van der Waals surface area (Å²) in [5.41, 5.74) is 0.881. The fourth-order valence-corrected chi connectivity index (χ4v) is 2.56. The molecule has 0 atom stereocenters. The molecular weight excluding hydrogens is 267 g/mol. The van der Waals surface area contributed by atoms with Gasteiger partial charge in [-0.25, -0.2) is 0 Å². The van der Waals surface area contributed by atoms with Crippen LogP contribution in [0.5, 0.6) is 5.75 Å². The van der Waals surface area contributed by atoms with Gasteiger partial charge >= 0.3 is 0 Å². The first-order chi connectivity index (χ1) is 6.65. The van der Waals surface area contributed by atoms with Crippen LogP contribution in [0.15, 0.2) is 16.7 Å². The standard InChI is InChI=1S/C9H8BrClN2O/c1-13-8-5(4-12-13)3-6(10)9(14-2)7(8)11/h3-4H,1-2H3. The molecule has 0 fully saturated rings. The lowest BCUT2D eigenvalue weighted by Crippen LogP contribution is -1.92. The molecule has 74 valence electrons. The Bertz CT molecular complexity index is 495. The summed E-state index contributed by atoms with van der Waals surface area (Å²) >= 11 is 9.57. The van der Waals surface area contributed by atoms with Crippen molar-refractivity contribution < 1.29 is 4.74 Å². The zero-order valence-corrected chi connectivity index (χ0v) is 10.1. The van der Waals surface area contributed by atoms with Crippen LogP contribution in [0, 0.1) is 0 Å². The second kappa shape index (κ2) is 3.44. The molecule has 0 radical (unpaired) electrons. The van der Waals surface area contributed by atoms with Gasteiger partial charge in [-0.1, -0.05) is 11.6 Å². The molecule has 0 aliphatic heterocycles. The van der Waals surface area contributed by atoms with Crippen LogP contribution in [-0.2, 0) is 7.05 Å². The van der Waals surface area contributed by atoms with Crippen LogP contribution in [0.3, 0.4) is 0 Å². The number of hydrogen-bond donors (Lipinski definition) is 0.